The fourth-order valence-electron chi connectivity index (χ4n) is 2.85. The van der Waals surface area contributed by atoms with Gasteiger partial charge in [-0.3, -0.25) is 9.59 Å². The summed E-state index contributed by atoms with van der Waals surface area (Å²) in [6.45, 7) is 8.39. The molecule has 1 atom stereocenters. The van der Waals surface area contributed by atoms with Crippen LogP contribution in [-0.4, -0.2) is 36.4 Å². The zero-order valence-corrected chi connectivity index (χ0v) is 17.4. The molecule has 0 saturated heterocycles. The Morgan fingerprint density at radius 2 is 1.64 bits per heavy atom. The van der Waals surface area contributed by atoms with Gasteiger partial charge in [0, 0.05) is 13.6 Å². The molecule has 150 valence electrons. The number of likely N-dealkylation sites (N-methyl/N-ethyl adjacent to an activating group) is 1. The van der Waals surface area contributed by atoms with E-state index in [1.807, 2.05) is 54.6 Å². The summed E-state index contributed by atoms with van der Waals surface area (Å²) in [6, 6.07) is 16.8. The Kier molecular flexibility index (Phi) is 7.21. The minimum atomic E-state index is -0.593. The Labute approximate surface area is 167 Å². The van der Waals surface area contributed by atoms with E-state index in [-0.39, 0.29) is 23.8 Å². The highest BCUT2D eigenvalue weighted by atomic mass is 16.5. The van der Waals surface area contributed by atoms with Gasteiger partial charge in [0.1, 0.15) is 11.8 Å². The van der Waals surface area contributed by atoms with E-state index < -0.39 is 6.04 Å². The molecule has 0 radical (unpaired) electrons. The molecular weight excluding hydrogens is 352 g/mol. The predicted molar refractivity (Wildman–Crippen MR) is 111 cm³/mol. The van der Waals surface area contributed by atoms with Crippen LogP contribution in [0.2, 0.25) is 0 Å². The summed E-state index contributed by atoms with van der Waals surface area (Å²) in [5.74, 6) is 0.187. The Morgan fingerprint density at radius 1 is 1.04 bits per heavy atom. The maximum absolute atomic E-state index is 12.8. The van der Waals surface area contributed by atoms with Gasteiger partial charge in [-0.2, -0.15) is 0 Å². The lowest BCUT2D eigenvalue weighted by molar-refractivity contribution is -0.142. The lowest BCUT2D eigenvalue weighted by Crippen LogP contribution is -2.48. The first-order valence-corrected chi connectivity index (χ1v) is 9.50. The van der Waals surface area contributed by atoms with Gasteiger partial charge in [0.05, 0.1) is 0 Å². The van der Waals surface area contributed by atoms with Crippen molar-refractivity contribution in [3.8, 4) is 5.75 Å². The van der Waals surface area contributed by atoms with Crippen molar-refractivity contribution in [2.24, 2.45) is 0 Å². The number of nitrogens with zero attached hydrogens (tertiary/aromatic N) is 1. The van der Waals surface area contributed by atoms with E-state index in [9.17, 15) is 9.59 Å². The van der Waals surface area contributed by atoms with E-state index in [1.165, 1.54) is 10.5 Å². The smallest absolute Gasteiger partial charge is 0.261 e. The molecule has 0 spiro atoms. The van der Waals surface area contributed by atoms with Gasteiger partial charge < -0.3 is 15.0 Å². The molecule has 0 aromatic heterocycles. The van der Waals surface area contributed by atoms with Crippen LogP contribution in [-0.2, 0) is 21.5 Å². The topological polar surface area (TPSA) is 58.6 Å². The summed E-state index contributed by atoms with van der Waals surface area (Å²) in [5, 5.41) is 2.61. The molecule has 0 fully saturated rings. The molecule has 0 aliphatic carbocycles. The third kappa shape index (κ3) is 5.84. The third-order valence-corrected chi connectivity index (χ3v) is 4.69. The van der Waals surface area contributed by atoms with Crippen LogP contribution < -0.4 is 10.1 Å². The number of carbonyl (C=O) groups is 2. The van der Waals surface area contributed by atoms with Crippen molar-refractivity contribution >= 4 is 11.8 Å². The molecule has 1 N–H and O–H groups in total. The Hall–Kier alpha value is -2.82. The number of nitrogens with one attached hydrogen (secondary N) is 1. The first kappa shape index (κ1) is 21.5. The highest BCUT2D eigenvalue weighted by molar-refractivity contribution is 5.87. The molecule has 5 nitrogen and oxygen atoms in total. The summed E-state index contributed by atoms with van der Waals surface area (Å²) in [6.07, 6.45) is 0. The van der Waals surface area contributed by atoms with Crippen LogP contribution in [0.1, 0.15) is 38.8 Å². The number of hydrogen-bond acceptors (Lipinski definition) is 3. The van der Waals surface area contributed by atoms with Crippen LogP contribution in [0.15, 0.2) is 54.6 Å². The minimum Gasteiger partial charge on any atom is -0.484 e. The second kappa shape index (κ2) is 9.40. The van der Waals surface area contributed by atoms with Gasteiger partial charge >= 0.3 is 0 Å². The van der Waals surface area contributed by atoms with E-state index >= 15 is 0 Å². The van der Waals surface area contributed by atoms with Gasteiger partial charge in [-0.25, -0.2) is 0 Å². The summed E-state index contributed by atoms with van der Waals surface area (Å²) >= 11 is 0. The van der Waals surface area contributed by atoms with E-state index in [2.05, 4.69) is 26.1 Å². The number of amides is 2. The minimum absolute atomic E-state index is 0.0593. The van der Waals surface area contributed by atoms with Gasteiger partial charge in [-0.1, -0.05) is 63.2 Å². The predicted octanol–water partition coefficient (Wildman–Crippen LogP) is 3.53. The largest absolute Gasteiger partial charge is 0.484 e. The van der Waals surface area contributed by atoms with E-state index in [0.29, 0.717) is 12.3 Å². The summed E-state index contributed by atoms with van der Waals surface area (Å²) < 4.78 is 5.69. The lowest BCUT2D eigenvalue weighted by atomic mass is 9.87. The van der Waals surface area contributed by atoms with Gasteiger partial charge in [0.25, 0.3) is 5.91 Å². The Balaban J connectivity index is 2.08. The first-order valence-electron chi connectivity index (χ1n) is 9.50. The number of hydrogen-bond donors (Lipinski definition) is 1. The van der Waals surface area contributed by atoms with Crippen molar-refractivity contribution in [3.63, 3.8) is 0 Å². The van der Waals surface area contributed by atoms with Crippen LogP contribution in [0.4, 0.5) is 0 Å². The van der Waals surface area contributed by atoms with Crippen LogP contribution in [0.3, 0.4) is 0 Å². The van der Waals surface area contributed by atoms with Crippen molar-refractivity contribution in [1.29, 1.82) is 0 Å². The van der Waals surface area contributed by atoms with Crippen molar-refractivity contribution < 1.29 is 14.3 Å². The fraction of sp³-hybridized carbons (Fsp3) is 0.391. The second-order valence-corrected chi connectivity index (χ2v) is 7.86. The van der Waals surface area contributed by atoms with Crippen LogP contribution in [0, 0.1) is 0 Å². The van der Waals surface area contributed by atoms with E-state index in [0.717, 1.165) is 5.56 Å². The van der Waals surface area contributed by atoms with Gasteiger partial charge in [-0.05, 0) is 35.6 Å². The molecule has 2 amide bonds. The molecular formula is C23H30N2O3. The number of carbonyl (C=O) groups excluding carboxylic acids is 2. The fourth-order valence-corrected chi connectivity index (χ4v) is 2.85. The molecule has 0 heterocycles. The lowest BCUT2D eigenvalue weighted by Gasteiger charge is -2.28. The second-order valence-electron chi connectivity index (χ2n) is 7.86. The Bertz CT molecular complexity index is 780. The van der Waals surface area contributed by atoms with Crippen molar-refractivity contribution in [3.05, 3.63) is 65.7 Å². The molecule has 0 bridgehead atoms. The average Bonchev–Trinajstić information content (AvgIpc) is 2.69. The highest BCUT2D eigenvalue weighted by Gasteiger charge is 2.25. The quantitative estimate of drug-likeness (QED) is 0.797. The summed E-state index contributed by atoms with van der Waals surface area (Å²) in [4.78, 5) is 26.5. The molecule has 5 heteroatoms. The molecule has 2 rings (SSSR count). The Morgan fingerprint density at radius 3 is 2.18 bits per heavy atom. The standard InChI is InChI=1S/C23H30N2O3/c1-17(22(27)24-5)25(15-18-9-7-6-8-10-18)21(26)16-28-20-13-11-19(12-14-20)23(2,3)4/h6-14,17H,15-16H2,1-5H3,(H,24,27)/t17-/m0/s1. The monoisotopic (exact) mass is 382 g/mol. The van der Waals surface area contributed by atoms with Gasteiger partial charge in [-0.15, -0.1) is 0 Å². The van der Waals surface area contributed by atoms with Crippen LogP contribution >= 0.6 is 0 Å². The molecule has 2 aromatic carbocycles. The van der Waals surface area contributed by atoms with Crippen LogP contribution in [0.5, 0.6) is 5.75 Å². The molecule has 2 aromatic rings. The zero-order valence-electron chi connectivity index (χ0n) is 17.4. The summed E-state index contributed by atoms with van der Waals surface area (Å²) in [5.41, 5.74) is 2.22. The molecule has 0 saturated carbocycles. The number of rotatable bonds is 7. The molecule has 0 aliphatic rings. The maximum atomic E-state index is 12.8. The van der Waals surface area contributed by atoms with Crippen molar-refractivity contribution in [1.82, 2.24) is 10.2 Å². The number of ether oxygens (including phenoxy) is 1. The molecule has 0 unspecified atom stereocenters. The van der Waals surface area contributed by atoms with Crippen molar-refractivity contribution in [2.45, 2.75) is 45.7 Å². The average molecular weight is 383 g/mol. The highest BCUT2D eigenvalue weighted by Crippen LogP contribution is 2.24. The zero-order chi connectivity index (χ0) is 20.7. The maximum Gasteiger partial charge on any atom is 0.261 e. The SMILES string of the molecule is CNC(=O)[C@H](C)N(Cc1ccccc1)C(=O)COc1ccc(C(C)(C)C)cc1. The van der Waals surface area contributed by atoms with Crippen LogP contribution in [0.25, 0.3) is 0 Å². The first-order chi connectivity index (χ1) is 13.2. The number of benzene rings is 2. The van der Waals surface area contributed by atoms with E-state index in [1.54, 1.807) is 14.0 Å². The van der Waals surface area contributed by atoms with Crippen molar-refractivity contribution in [2.75, 3.05) is 13.7 Å². The van der Waals surface area contributed by atoms with Gasteiger partial charge in [0.2, 0.25) is 5.91 Å². The normalized spacial score (nSPS) is 12.2. The van der Waals surface area contributed by atoms with Gasteiger partial charge in [0.15, 0.2) is 6.61 Å². The molecule has 28 heavy (non-hydrogen) atoms. The van der Waals surface area contributed by atoms with E-state index in [4.69, 9.17) is 4.74 Å². The molecule has 0 aliphatic heterocycles. The third-order valence-electron chi connectivity index (χ3n) is 4.69. The summed E-state index contributed by atoms with van der Waals surface area (Å²) in [7, 11) is 1.57.